The van der Waals surface area contributed by atoms with Crippen LogP contribution in [0, 0.1) is 6.92 Å². The van der Waals surface area contributed by atoms with Gasteiger partial charge >= 0.3 is 0 Å². The van der Waals surface area contributed by atoms with Crippen LogP contribution in [0.4, 0.5) is 5.69 Å². The van der Waals surface area contributed by atoms with Crippen molar-refractivity contribution in [2.24, 2.45) is 0 Å². The summed E-state index contributed by atoms with van der Waals surface area (Å²) in [7, 11) is 1.70. The summed E-state index contributed by atoms with van der Waals surface area (Å²) in [4.78, 5) is 2.41. The predicted octanol–water partition coefficient (Wildman–Crippen LogP) is 1.82. The Morgan fingerprint density at radius 1 is 1.32 bits per heavy atom. The summed E-state index contributed by atoms with van der Waals surface area (Å²) in [5, 5.41) is 3.37. The van der Waals surface area contributed by atoms with Gasteiger partial charge in [0, 0.05) is 39.0 Å². The van der Waals surface area contributed by atoms with Gasteiger partial charge in [-0.15, -0.1) is 0 Å². The minimum atomic E-state index is 0.118. The third kappa shape index (κ3) is 3.85. The highest BCUT2D eigenvalue weighted by Crippen LogP contribution is 2.25. The molecule has 106 valence electrons. The first kappa shape index (κ1) is 14.2. The molecule has 4 nitrogen and oxygen atoms in total. The average molecular weight is 264 g/mol. The molecule has 0 saturated carbocycles. The number of nitrogens with one attached hydrogen (secondary N) is 1. The van der Waals surface area contributed by atoms with Crippen molar-refractivity contribution in [3.8, 4) is 5.75 Å². The molecule has 4 heteroatoms. The monoisotopic (exact) mass is 264 g/mol. The summed E-state index contributed by atoms with van der Waals surface area (Å²) < 4.78 is 11.0. The number of nitrogens with zero attached hydrogens (tertiary/aromatic N) is 1. The summed E-state index contributed by atoms with van der Waals surface area (Å²) in [6, 6.07) is 6.42. The lowest BCUT2D eigenvalue weighted by molar-refractivity contribution is 0.0714. The van der Waals surface area contributed by atoms with Gasteiger partial charge in [-0.3, -0.25) is 0 Å². The van der Waals surface area contributed by atoms with Gasteiger partial charge in [0.1, 0.15) is 12.4 Å². The van der Waals surface area contributed by atoms with Gasteiger partial charge in [0.25, 0.3) is 0 Å². The Kier molecular flexibility index (Phi) is 5.05. The molecule has 0 aliphatic carbocycles. The van der Waals surface area contributed by atoms with Crippen LogP contribution in [0.1, 0.15) is 12.5 Å². The van der Waals surface area contributed by atoms with Crippen molar-refractivity contribution in [1.29, 1.82) is 0 Å². The third-order valence-electron chi connectivity index (χ3n) is 3.52. The summed E-state index contributed by atoms with van der Waals surface area (Å²) >= 11 is 0. The van der Waals surface area contributed by atoms with Gasteiger partial charge in [0.05, 0.1) is 6.10 Å². The lowest BCUT2D eigenvalue weighted by Crippen LogP contribution is -2.43. The van der Waals surface area contributed by atoms with Gasteiger partial charge in [0.15, 0.2) is 0 Å². The van der Waals surface area contributed by atoms with Crippen LogP contribution in [0.3, 0.4) is 0 Å². The van der Waals surface area contributed by atoms with E-state index in [0.29, 0.717) is 6.61 Å². The number of anilines is 1. The maximum atomic E-state index is 5.78. The van der Waals surface area contributed by atoms with E-state index in [-0.39, 0.29) is 6.10 Å². The first-order valence-corrected chi connectivity index (χ1v) is 6.92. The fourth-order valence-electron chi connectivity index (χ4n) is 2.19. The highest BCUT2D eigenvalue weighted by Gasteiger charge is 2.12. The molecule has 1 atom stereocenters. The molecule has 1 unspecified atom stereocenters. The van der Waals surface area contributed by atoms with Crippen LogP contribution in [-0.4, -0.2) is 46.0 Å². The van der Waals surface area contributed by atoms with Crippen LogP contribution in [0.25, 0.3) is 0 Å². The van der Waals surface area contributed by atoms with Crippen molar-refractivity contribution in [1.82, 2.24) is 5.32 Å². The Balaban J connectivity index is 1.99. The Morgan fingerprint density at radius 2 is 2.05 bits per heavy atom. The second kappa shape index (κ2) is 6.78. The van der Waals surface area contributed by atoms with Gasteiger partial charge in [-0.25, -0.2) is 0 Å². The molecule has 0 radical (unpaired) electrons. The number of rotatable bonds is 5. The Morgan fingerprint density at radius 3 is 2.68 bits per heavy atom. The lowest BCUT2D eigenvalue weighted by atomic mass is 10.1. The summed E-state index contributed by atoms with van der Waals surface area (Å²) in [5.74, 6) is 0.947. The van der Waals surface area contributed by atoms with E-state index in [4.69, 9.17) is 9.47 Å². The summed E-state index contributed by atoms with van der Waals surface area (Å²) in [6.07, 6.45) is 0.118. The molecule has 0 spiro atoms. The Bertz CT molecular complexity index is 403. The van der Waals surface area contributed by atoms with Crippen molar-refractivity contribution in [2.75, 3.05) is 44.8 Å². The molecule has 0 bridgehead atoms. The van der Waals surface area contributed by atoms with Crippen molar-refractivity contribution in [2.45, 2.75) is 20.0 Å². The maximum absolute atomic E-state index is 5.78. The van der Waals surface area contributed by atoms with E-state index < -0.39 is 0 Å². The lowest BCUT2D eigenvalue weighted by Gasteiger charge is -2.30. The fourth-order valence-corrected chi connectivity index (χ4v) is 2.19. The number of hydrogen-bond donors (Lipinski definition) is 1. The topological polar surface area (TPSA) is 33.7 Å². The minimum absolute atomic E-state index is 0.118. The van der Waals surface area contributed by atoms with Crippen LogP contribution in [-0.2, 0) is 4.74 Å². The van der Waals surface area contributed by atoms with E-state index in [2.05, 4.69) is 35.3 Å². The second-order valence-electron chi connectivity index (χ2n) is 5.04. The molecule has 1 saturated heterocycles. The van der Waals surface area contributed by atoms with Crippen LogP contribution < -0.4 is 15.0 Å². The van der Waals surface area contributed by atoms with E-state index in [1.165, 1.54) is 11.3 Å². The first-order valence-electron chi connectivity index (χ1n) is 6.92. The SMILES string of the molecule is COC(C)COc1ccc(N2CCNCC2)cc1C. The standard InChI is InChI=1S/C15H24N2O2/c1-12-10-14(17-8-6-16-7-9-17)4-5-15(12)19-11-13(2)18-3/h4-5,10,13,16H,6-9,11H2,1-3H3. The maximum Gasteiger partial charge on any atom is 0.122 e. The number of aryl methyl sites for hydroxylation is 1. The fraction of sp³-hybridized carbons (Fsp3) is 0.600. The van der Waals surface area contributed by atoms with Crippen LogP contribution in [0.5, 0.6) is 5.75 Å². The van der Waals surface area contributed by atoms with E-state index >= 15 is 0 Å². The zero-order valence-electron chi connectivity index (χ0n) is 12.1. The molecule has 1 aromatic carbocycles. The first-order chi connectivity index (χ1) is 9.20. The number of benzene rings is 1. The number of methoxy groups -OCH3 is 1. The quantitative estimate of drug-likeness (QED) is 0.879. The molecule has 1 aromatic rings. The zero-order valence-corrected chi connectivity index (χ0v) is 12.1. The van der Waals surface area contributed by atoms with Crippen molar-refractivity contribution in [3.05, 3.63) is 23.8 Å². The number of hydrogen-bond acceptors (Lipinski definition) is 4. The zero-order chi connectivity index (χ0) is 13.7. The smallest absolute Gasteiger partial charge is 0.122 e. The van der Waals surface area contributed by atoms with Gasteiger partial charge in [0.2, 0.25) is 0 Å². The Hall–Kier alpha value is -1.26. The van der Waals surface area contributed by atoms with E-state index in [1.807, 2.05) is 6.92 Å². The van der Waals surface area contributed by atoms with E-state index in [1.54, 1.807) is 7.11 Å². The highest BCUT2D eigenvalue weighted by atomic mass is 16.5. The molecule has 1 heterocycles. The summed E-state index contributed by atoms with van der Waals surface area (Å²) in [5.41, 5.74) is 2.46. The van der Waals surface area contributed by atoms with E-state index in [0.717, 1.165) is 31.9 Å². The van der Waals surface area contributed by atoms with Gasteiger partial charge in [-0.1, -0.05) is 0 Å². The predicted molar refractivity (Wildman–Crippen MR) is 78.2 cm³/mol. The normalized spacial score (nSPS) is 17.3. The molecule has 2 rings (SSSR count). The molecular formula is C15H24N2O2. The van der Waals surface area contributed by atoms with Crippen molar-refractivity contribution < 1.29 is 9.47 Å². The average Bonchev–Trinajstić information content (AvgIpc) is 2.46. The van der Waals surface area contributed by atoms with Crippen molar-refractivity contribution in [3.63, 3.8) is 0 Å². The molecule has 0 amide bonds. The molecule has 19 heavy (non-hydrogen) atoms. The molecule has 1 aliphatic rings. The minimum Gasteiger partial charge on any atom is -0.491 e. The molecule has 0 aromatic heterocycles. The highest BCUT2D eigenvalue weighted by molar-refractivity contribution is 5.53. The van der Waals surface area contributed by atoms with Gasteiger partial charge < -0.3 is 19.7 Å². The molecule has 1 fully saturated rings. The molecule has 1 N–H and O–H groups in total. The number of piperazine rings is 1. The Labute approximate surface area is 115 Å². The second-order valence-corrected chi connectivity index (χ2v) is 5.04. The third-order valence-corrected chi connectivity index (χ3v) is 3.52. The van der Waals surface area contributed by atoms with Crippen LogP contribution in [0.15, 0.2) is 18.2 Å². The van der Waals surface area contributed by atoms with Crippen molar-refractivity contribution >= 4 is 5.69 Å². The van der Waals surface area contributed by atoms with Crippen LogP contribution >= 0.6 is 0 Å². The van der Waals surface area contributed by atoms with Gasteiger partial charge in [-0.2, -0.15) is 0 Å². The number of ether oxygens (including phenoxy) is 2. The largest absolute Gasteiger partial charge is 0.491 e. The van der Waals surface area contributed by atoms with Gasteiger partial charge in [-0.05, 0) is 37.6 Å². The van der Waals surface area contributed by atoms with Crippen LogP contribution in [0.2, 0.25) is 0 Å². The summed E-state index contributed by atoms with van der Waals surface area (Å²) in [6.45, 7) is 8.94. The van der Waals surface area contributed by atoms with E-state index in [9.17, 15) is 0 Å². The molecule has 1 aliphatic heterocycles. The molecular weight excluding hydrogens is 240 g/mol.